The number of benzene rings is 1. The highest BCUT2D eigenvalue weighted by atomic mass is 16.6. The van der Waals surface area contributed by atoms with Crippen molar-refractivity contribution >= 4 is 11.9 Å². The number of nitrogens with zero attached hydrogens (tertiary/aromatic N) is 1. The minimum atomic E-state index is -0.460. The van der Waals surface area contributed by atoms with Crippen LogP contribution < -0.4 is 9.47 Å². The predicted molar refractivity (Wildman–Crippen MR) is 82.5 cm³/mol. The van der Waals surface area contributed by atoms with E-state index in [0.29, 0.717) is 37.7 Å². The summed E-state index contributed by atoms with van der Waals surface area (Å²) in [6.07, 6.45) is 2.76. The van der Waals surface area contributed by atoms with Gasteiger partial charge in [0.25, 0.3) is 0 Å². The molecular weight excluding hydrogens is 298 g/mol. The summed E-state index contributed by atoms with van der Waals surface area (Å²) in [5.41, 5.74) is 0.855. The second-order valence-electron chi connectivity index (χ2n) is 5.78. The van der Waals surface area contributed by atoms with Crippen molar-refractivity contribution in [2.24, 2.45) is 0 Å². The van der Waals surface area contributed by atoms with Gasteiger partial charge in [-0.2, -0.15) is 0 Å². The molecule has 124 valence electrons. The van der Waals surface area contributed by atoms with Crippen LogP contribution in [-0.2, 0) is 20.7 Å². The highest BCUT2D eigenvalue weighted by molar-refractivity contribution is 5.86. The summed E-state index contributed by atoms with van der Waals surface area (Å²) in [7, 11) is 1.36. The Morgan fingerprint density at radius 1 is 1.22 bits per heavy atom. The van der Waals surface area contributed by atoms with Crippen LogP contribution in [0.25, 0.3) is 0 Å². The van der Waals surface area contributed by atoms with Crippen molar-refractivity contribution < 1.29 is 23.8 Å². The van der Waals surface area contributed by atoms with E-state index in [4.69, 9.17) is 14.2 Å². The van der Waals surface area contributed by atoms with Gasteiger partial charge in [0, 0.05) is 6.54 Å². The van der Waals surface area contributed by atoms with Crippen LogP contribution in [-0.4, -0.2) is 49.7 Å². The Labute approximate surface area is 135 Å². The topological polar surface area (TPSA) is 65.1 Å². The minimum absolute atomic E-state index is 0.0585. The number of rotatable bonds is 3. The molecule has 2 aliphatic heterocycles. The number of likely N-dealkylation sites (tertiary alicyclic amines) is 1. The summed E-state index contributed by atoms with van der Waals surface area (Å²) in [5.74, 6) is 0.986. The Balaban J connectivity index is 1.71. The van der Waals surface area contributed by atoms with Gasteiger partial charge in [0.2, 0.25) is 5.91 Å². The zero-order valence-electron chi connectivity index (χ0n) is 13.2. The fourth-order valence-corrected chi connectivity index (χ4v) is 3.09. The van der Waals surface area contributed by atoms with Gasteiger partial charge in [-0.25, -0.2) is 4.79 Å². The molecular formula is C17H21NO5. The molecule has 0 unspecified atom stereocenters. The van der Waals surface area contributed by atoms with Crippen LogP contribution in [0.5, 0.6) is 11.5 Å². The van der Waals surface area contributed by atoms with E-state index in [2.05, 4.69) is 0 Å². The lowest BCUT2D eigenvalue weighted by Gasteiger charge is -2.34. The number of ether oxygens (including phenoxy) is 3. The summed E-state index contributed by atoms with van der Waals surface area (Å²) in [6, 6.07) is 5.07. The molecule has 1 atom stereocenters. The summed E-state index contributed by atoms with van der Waals surface area (Å²) in [6.45, 7) is 1.66. The maximum atomic E-state index is 12.6. The van der Waals surface area contributed by atoms with E-state index in [0.717, 1.165) is 18.4 Å². The molecule has 3 rings (SSSR count). The monoisotopic (exact) mass is 319 g/mol. The third kappa shape index (κ3) is 3.41. The van der Waals surface area contributed by atoms with Crippen LogP contribution in [0.4, 0.5) is 0 Å². The van der Waals surface area contributed by atoms with Gasteiger partial charge >= 0.3 is 5.97 Å². The van der Waals surface area contributed by atoms with E-state index < -0.39 is 6.04 Å². The molecule has 23 heavy (non-hydrogen) atoms. The van der Waals surface area contributed by atoms with Crippen LogP contribution in [0.3, 0.4) is 0 Å². The van der Waals surface area contributed by atoms with E-state index in [9.17, 15) is 9.59 Å². The van der Waals surface area contributed by atoms with Crippen molar-refractivity contribution in [3.63, 3.8) is 0 Å². The van der Waals surface area contributed by atoms with Gasteiger partial charge < -0.3 is 19.1 Å². The number of hydrogen-bond donors (Lipinski definition) is 0. The third-order valence-corrected chi connectivity index (χ3v) is 4.26. The molecule has 2 heterocycles. The molecule has 6 heteroatoms. The number of carbonyl (C=O) groups is 2. The number of amides is 1. The number of hydrogen-bond acceptors (Lipinski definition) is 5. The van der Waals surface area contributed by atoms with Gasteiger partial charge in [0.15, 0.2) is 11.5 Å². The summed E-state index contributed by atoms with van der Waals surface area (Å²) in [4.78, 5) is 26.1. The first kappa shape index (κ1) is 15.6. The summed E-state index contributed by atoms with van der Waals surface area (Å²) in [5, 5.41) is 0. The van der Waals surface area contributed by atoms with Crippen LogP contribution in [0.15, 0.2) is 18.2 Å². The Hall–Kier alpha value is -2.24. The minimum Gasteiger partial charge on any atom is -0.486 e. The molecule has 0 aliphatic carbocycles. The normalized spacial score (nSPS) is 20.0. The van der Waals surface area contributed by atoms with E-state index in [-0.39, 0.29) is 18.3 Å². The van der Waals surface area contributed by atoms with Crippen molar-refractivity contribution in [3.8, 4) is 11.5 Å². The first-order chi connectivity index (χ1) is 11.2. The molecule has 0 N–H and O–H groups in total. The molecule has 1 amide bonds. The largest absolute Gasteiger partial charge is 0.486 e. The lowest BCUT2D eigenvalue weighted by molar-refractivity contribution is -0.154. The number of fused-ring (bicyclic) bond motifs is 1. The molecule has 1 saturated heterocycles. The van der Waals surface area contributed by atoms with Crippen molar-refractivity contribution in [3.05, 3.63) is 23.8 Å². The first-order valence-corrected chi connectivity index (χ1v) is 7.95. The number of methoxy groups -OCH3 is 1. The summed E-state index contributed by atoms with van der Waals surface area (Å²) >= 11 is 0. The van der Waals surface area contributed by atoms with Gasteiger partial charge in [-0.05, 0) is 37.0 Å². The van der Waals surface area contributed by atoms with Crippen LogP contribution in [0.2, 0.25) is 0 Å². The van der Waals surface area contributed by atoms with Crippen LogP contribution >= 0.6 is 0 Å². The van der Waals surface area contributed by atoms with Crippen LogP contribution in [0, 0.1) is 0 Å². The number of carbonyl (C=O) groups excluding carboxylic acids is 2. The highest BCUT2D eigenvalue weighted by Gasteiger charge is 2.32. The standard InChI is InChI=1S/C17H21NO5/c1-21-17(20)13-4-2-3-7-18(13)16(19)11-12-5-6-14-15(10-12)23-9-8-22-14/h5-6,10,13H,2-4,7-9,11H2,1H3/t13-/m0/s1. The van der Waals surface area contributed by atoms with Crippen LogP contribution in [0.1, 0.15) is 24.8 Å². The molecule has 2 aliphatic rings. The quantitative estimate of drug-likeness (QED) is 0.791. The molecule has 0 aromatic heterocycles. The van der Waals surface area contributed by atoms with E-state index in [1.807, 2.05) is 18.2 Å². The molecule has 1 fully saturated rings. The smallest absolute Gasteiger partial charge is 0.328 e. The second-order valence-corrected chi connectivity index (χ2v) is 5.78. The zero-order valence-corrected chi connectivity index (χ0v) is 13.2. The zero-order chi connectivity index (χ0) is 16.2. The van der Waals surface area contributed by atoms with Crippen molar-refractivity contribution in [1.29, 1.82) is 0 Å². The number of piperidine rings is 1. The Kier molecular flexibility index (Phi) is 4.69. The van der Waals surface area contributed by atoms with Gasteiger partial charge in [-0.1, -0.05) is 6.07 Å². The highest BCUT2D eigenvalue weighted by Crippen LogP contribution is 2.31. The van der Waals surface area contributed by atoms with Crippen molar-refractivity contribution in [2.75, 3.05) is 26.9 Å². The molecule has 1 aromatic carbocycles. The van der Waals surface area contributed by atoms with Gasteiger partial charge in [0.1, 0.15) is 19.3 Å². The van der Waals surface area contributed by atoms with Crippen molar-refractivity contribution in [1.82, 2.24) is 4.90 Å². The molecule has 6 nitrogen and oxygen atoms in total. The molecule has 0 bridgehead atoms. The predicted octanol–water partition coefficient (Wildman–Crippen LogP) is 1.55. The lowest BCUT2D eigenvalue weighted by atomic mass is 10.0. The molecule has 0 spiro atoms. The molecule has 1 aromatic rings. The van der Waals surface area contributed by atoms with E-state index >= 15 is 0 Å². The van der Waals surface area contributed by atoms with Gasteiger partial charge in [0.05, 0.1) is 13.5 Å². The van der Waals surface area contributed by atoms with Gasteiger partial charge in [-0.15, -0.1) is 0 Å². The fourth-order valence-electron chi connectivity index (χ4n) is 3.09. The van der Waals surface area contributed by atoms with Gasteiger partial charge in [-0.3, -0.25) is 4.79 Å². The third-order valence-electron chi connectivity index (χ3n) is 4.26. The Bertz CT molecular complexity index is 601. The average Bonchev–Trinajstić information content (AvgIpc) is 2.61. The summed E-state index contributed by atoms with van der Waals surface area (Å²) < 4.78 is 15.9. The van der Waals surface area contributed by atoms with Crippen molar-refractivity contribution in [2.45, 2.75) is 31.7 Å². The lowest BCUT2D eigenvalue weighted by Crippen LogP contribution is -2.49. The molecule has 0 saturated carbocycles. The fraction of sp³-hybridized carbons (Fsp3) is 0.529. The SMILES string of the molecule is COC(=O)[C@@H]1CCCCN1C(=O)Cc1ccc2c(c1)OCCO2. The first-order valence-electron chi connectivity index (χ1n) is 7.95. The van der Waals surface area contributed by atoms with E-state index in [1.54, 1.807) is 4.90 Å². The van der Waals surface area contributed by atoms with E-state index in [1.165, 1.54) is 7.11 Å². The maximum Gasteiger partial charge on any atom is 0.328 e. The maximum absolute atomic E-state index is 12.6. The average molecular weight is 319 g/mol. The molecule has 0 radical (unpaired) electrons. The Morgan fingerprint density at radius 2 is 2.00 bits per heavy atom. The Morgan fingerprint density at radius 3 is 2.78 bits per heavy atom. The second kappa shape index (κ2) is 6.89. The number of esters is 1.